The van der Waals surface area contributed by atoms with Crippen LogP contribution in [0.15, 0.2) is 73.3 Å². The highest BCUT2D eigenvalue weighted by Gasteiger charge is 2.27. The van der Waals surface area contributed by atoms with Gasteiger partial charge < -0.3 is 18.9 Å². The standard InChI is InChI=1S/C25H26N4O4S/c1-17-5-9-19(10-6-17)28-15-21(13-26-28)32-24(30-3)23(34)25(31-4)33-22-14-27-29(16-22)20-11-7-18(2)8-12-20/h5-16,24-25H,1-4H3. The Labute approximate surface area is 203 Å². The lowest BCUT2D eigenvalue weighted by atomic mass is 10.2. The summed E-state index contributed by atoms with van der Waals surface area (Å²) in [5, 5.41) is 8.70. The molecule has 2 aromatic carbocycles. The Kier molecular flexibility index (Phi) is 7.36. The summed E-state index contributed by atoms with van der Waals surface area (Å²) < 4.78 is 26.2. The fourth-order valence-corrected chi connectivity index (χ4v) is 3.50. The van der Waals surface area contributed by atoms with Crippen LogP contribution in [-0.2, 0) is 9.47 Å². The van der Waals surface area contributed by atoms with Gasteiger partial charge in [-0.2, -0.15) is 10.2 Å². The van der Waals surface area contributed by atoms with Crippen molar-refractivity contribution in [3.8, 4) is 22.9 Å². The van der Waals surface area contributed by atoms with Crippen LogP contribution in [0, 0.1) is 13.8 Å². The summed E-state index contributed by atoms with van der Waals surface area (Å²) in [7, 11) is 3.01. The van der Waals surface area contributed by atoms with Crippen molar-refractivity contribution < 1.29 is 18.9 Å². The van der Waals surface area contributed by atoms with Gasteiger partial charge in [0.15, 0.2) is 11.5 Å². The summed E-state index contributed by atoms with van der Waals surface area (Å²) >= 11 is 5.57. The van der Waals surface area contributed by atoms with Crippen molar-refractivity contribution in [2.24, 2.45) is 0 Å². The molecule has 8 nitrogen and oxygen atoms in total. The van der Waals surface area contributed by atoms with Gasteiger partial charge in [0, 0.05) is 14.2 Å². The Morgan fingerprint density at radius 2 is 1.09 bits per heavy atom. The van der Waals surface area contributed by atoms with E-state index in [9.17, 15) is 0 Å². The average Bonchev–Trinajstić information content (AvgIpc) is 3.51. The summed E-state index contributed by atoms with van der Waals surface area (Å²) in [6, 6.07) is 16.0. The summed E-state index contributed by atoms with van der Waals surface area (Å²) in [4.78, 5) is 0.288. The zero-order valence-corrected chi connectivity index (χ0v) is 20.2. The SMILES string of the molecule is COC(Oc1cnn(-c2ccc(C)cc2)c1)C(=S)C(OC)Oc1cnn(-c2ccc(C)cc2)c1. The van der Waals surface area contributed by atoms with Gasteiger partial charge in [-0.25, -0.2) is 9.36 Å². The lowest BCUT2D eigenvalue weighted by Crippen LogP contribution is -2.40. The van der Waals surface area contributed by atoms with E-state index in [1.165, 1.54) is 25.3 Å². The first-order valence-corrected chi connectivity index (χ1v) is 11.0. The topological polar surface area (TPSA) is 72.6 Å². The third-order valence-electron chi connectivity index (χ3n) is 5.09. The molecule has 0 N–H and O–H groups in total. The van der Waals surface area contributed by atoms with Crippen molar-refractivity contribution in [1.29, 1.82) is 0 Å². The molecule has 2 aromatic heterocycles. The van der Waals surface area contributed by atoms with Crippen molar-refractivity contribution >= 4 is 17.1 Å². The number of hydrogen-bond donors (Lipinski definition) is 0. The quantitative estimate of drug-likeness (QED) is 0.246. The first-order chi connectivity index (χ1) is 16.5. The predicted molar refractivity (Wildman–Crippen MR) is 132 cm³/mol. The van der Waals surface area contributed by atoms with Gasteiger partial charge in [-0.3, -0.25) is 0 Å². The molecule has 0 aliphatic heterocycles. The predicted octanol–water partition coefficient (Wildman–Crippen LogP) is 4.45. The number of rotatable bonds is 10. The average molecular weight is 479 g/mol. The van der Waals surface area contributed by atoms with Gasteiger partial charge in [-0.15, -0.1) is 0 Å². The smallest absolute Gasteiger partial charge is 0.239 e. The van der Waals surface area contributed by atoms with E-state index < -0.39 is 12.6 Å². The van der Waals surface area contributed by atoms with Crippen LogP contribution >= 0.6 is 12.2 Å². The molecule has 2 unspecified atom stereocenters. The molecule has 0 saturated carbocycles. The van der Waals surface area contributed by atoms with Crippen molar-refractivity contribution in [3.05, 3.63) is 84.4 Å². The summed E-state index contributed by atoms with van der Waals surface area (Å²) in [5.41, 5.74) is 4.18. The number of aromatic nitrogens is 4. The molecule has 176 valence electrons. The van der Waals surface area contributed by atoms with Crippen LogP contribution < -0.4 is 9.47 Å². The van der Waals surface area contributed by atoms with Gasteiger partial charge in [-0.05, 0) is 38.1 Å². The largest absolute Gasteiger partial charge is 0.456 e. The van der Waals surface area contributed by atoms with Crippen LogP contribution in [0.4, 0.5) is 0 Å². The molecule has 0 aliphatic rings. The van der Waals surface area contributed by atoms with E-state index in [1.807, 2.05) is 62.4 Å². The van der Waals surface area contributed by atoms with Gasteiger partial charge in [0.1, 0.15) is 4.86 Å². The summed E-state index contributed by atoms with van der Waals surface area (Å²) in [5.74, 6) is 0.994. The van der Waals surface area contributed by atoms with Crippen LogP contribution in [0.5, 0.6) is 11.5 Å². The molecule has 34 heavy (non-hydrogen) atoms. The van der Waals surface area contributed by atoms with E-state index in [2.05, 4.69) is 10.2 Å². The molecule has 0 saturated heterocycles. The number of aryl methyl sites for hydroxylation is 2. The lowest BCUT2D eigenvalue weighted by Gasteiger charge is -2.23. The van der Waals surface area contributed by atoms with Gasteiger partial charge >= 0.3 is 0 Å². The maximum atomic E-state index is 5.93. The molecular weight excluding hydrogens is 452 g/mol. The zero-order valence-electron chi connectivity index (χ0n) is 19.4. The second-order valence-corrected chi connectivity index (χ2v) is 8.16. The molecule has 0 bridgehead atoms. The number of hydrogen-bond acceptors (Lipinski definition) is 7. The molecule has 0 spiro atoms. The van der Waals surface area contributed by atoms with Crippen LogP contribution in [0.3, 0.4) is 0 Å². The van der Waals surface area contributed by atoms with E-state index in [-0.39, 0.29) is 4.86 Å². The van der Waals surface area contributed by atoms with Crippen molar-refractivity contribution in [2.75, 3.05) is 14.2 Å². The van der Waals surface area contributed by atoms with Crippen LogP contribution in [0.25, 0.3) is 11.4 Å². The molecule has 2 heterocycles. The normalized spacial score (nSPS) is 12.8. The second kappa shape index (κ2) is 10.6. The Balaban J connectivity index is 1.42. The third kappa shape index (κ3) is 5.51. The Morgan fingerprint density at radius 3 is 1.44 bits per heavy atom. The fraction of sp³-hybridized carbons (Fsp3) is 0.240. The molecule has 0 radical (unpaired) electrons. The van der Waals surface area contributed by atoms with Crippen molar-refractivity contribution in [1.82, 2.24) is 19.6 Å². The molecule has 0 amide bonds. The number of nitrogens with zero attached hydrogens (tertiary/aromatic N) is 4. The number of thiocarbonyl (C=S) groups is 1. The Morgan fingerprint density at radius 1 is 0.706 bits per heavy atom. The Bertz CT molecular complexity index is 1140. The van der Waals surface area contributed by atoms with E-state index in [0.717, 1.165) is 11.4 Å². The maximum Gasteiger partial charge on any atom is 0.239 e. The van der Waals surface area contributed by atoms with E-state index in [1.54, 1.807) is 34.2 Å². The minimum atomic E-state index is -0.886. The summed E-state index contributed by atoms with van der Waals surface area (Å²) in [6.07, 6.45) is 4.94. The monoisotopic (exact) mass is 478 g/mol. The van der Waals surface area contributed by atoms with Crippen molar-refractivity contribution in [3.63, 3.8) is 0 Å². The van der Waals surface area contributed by atoms with E-state index in [4.69, 9.17) is 31.2 Å². The third-order valence-corrected chi connectivity index (χ3v) is 5.48. The van der Waals surface area contributed by atoms with Crippen LogP contribution in [0.1, 0.15) is 11.1 Å². The van der Waals surface area contributed by atoms with Gasteiger partial charge in [0.2, 0.25) is 12.6 Å². The van der Waals surface area contributed by atoms with Crippen molar-refractivity contribution in [2.45, 2.75) is 26.4 Å². The fourth-order valence-electron chi connectivity index (χ4n) is 3.21. The Hall–Kier alpha value is -3.53. The van der Waals surface area contributed by atoms with E-state index >= 15 is 0 Å². The molecular formula is C25H26N4O4S. The highest BCUT2D eigenvalue weighted by Crippen LogP contribution is 2.20. The minimum Gasteiger partial charge on any atom is -0.456 e. The van der Waals surface area contributed by atoms with Crippen LogP contribution in [-0.4, -0.2) is 51.2 Å². The van der Waals surface area contributed by atoms with Gasteiger partial charge in [0.05, 0.1) is 36.2 Å². The highest BCUT2D eigenvalue weighted by atomic mass is 32.1. The zero-order chi connectivity index (χ0) is 24.1. The van der Waals surface area contributed by atoms with Crippen LogP contribution in [0.2, 0.25) is 0 Å². The van der Waals surface area contributed by atoms with E-state index in [0.29, 0.717) is 11.5 Å². The molecule has 0 aliphatic carbocycles. The molecule has 2 atom stereocenters. The molecule has 9 heteroatoms. The maximum absolute atomic E-state index is 5.93. The molecule has 4 aromatic rings. The van der Waals surface area contributed by atoms with Gasteiger partial charge in [0.25, 0.3) is 0 Å². The lowest BCUT2D eigenvalue weighted by molar-refractivity contribution is -0.0400. The number of ether oxygens (including phenoxy) is 4. The minimum absolute atomic E-state index is 0.288. The molecule has 4 rings (SSSR count). The number of methoxy groups -OCH3 is 2. The highest BCUT2D eigenvalue weighted by molar-refractivity contribution is 7.80. The first-order valence-electron chi connectivity index (χ1n) is 10.6. The number of benzene rings is 2. The van der Waals surface area contributed by atoms with Gasteiger partial charge in [-0.1, -0.05) is 47.6 Å². The molecule has 0 fully saturated rings. The second-order valence-electron chi connectivity index (χ2n) is 7.69. The summed E-state index contributed by atoms with van der Waals surface area (Å²) in [6.45, 7) is 4.07. The first kappa shape index (κ1) is 23.6.